The second-order valence-corrected chi connectivity index (χ2v) is 6.40. The van der Waals surface area contributed by atoms with Crippen LogP contribution in [0.15, 0.2) is 72.9 Å². The van der Waals surface area contributed by atoms with E-state index < -0.39 is 17.6 Å². The molecule has 1 N–H and O–H groups in total. The minimum absolute atomic E-state index is 0.0430. The summed E-state index contributed by atoms with van der Waals surface area (Å²) in [7, 11) is 0. The molecule has 1 heterocycles. The number of hydrogen-bond donors (Lipinski definition) is 1. The van der Waals surface area contributed by atoms with Crippen molar-refractivity contribution in [3.05, 3.63) is 89.7 Å². The first kappa shape index (κ1) is 20.4. The summed E-state index contributed by atoms with van der Waals surface area (Å²) in [5.41, 5.74) is 0.810. The molecule has 0 aliphatic heterocycles. The van der Waals surface area contributed by atoms with Gasteiger partial charge in [-0.3, -0.25) is 4.79 Å². The number of nitrogens with zero attached hydrogens (tertiary/aromatic N) is 2. The normalized spacial score (nSPS) is 11.2. The molecule has 2 aromatic carbocycles. The van der Waals surface area contributed by atoms with E-state index in [1.165, 1.54) is 24.3 Å². The van der Waals surface area contributed by atoms with E-state index in [0.29, 0.717) is 6.54 Å². The highest BCUT2D eigenvalue weighted by Crippen LogP contribution is 2.34. The van der Waals surface area contributed by atoms with Gasteiger partial charge in [-0.25, -0.2) is 4.98 Å². The number of carbonyl (C=O) groups is 1. The third kappa shape index (κ3) is 5.13. The lowest BCUT2D eigenvalue weighted by Crippen LogP contribution is -2.22. The number of amides is 1. The Kier molecular flexibility index (Phi) is 6.16. The molecule has 150 valence electrons. The summed E-state index contributed by atoms with van der Waals surface area (Å²) in [5.74, 6) is -0.695. The molecule has 0 radical (unpaired) electrons. The fraction of sp³-hybridized carbons (Fsp3) is 0.182. The largest absolute Gasteiger partial charge is 0.418 e. The van der Waals surface area contributed by atoms with Crippen molar-refractivity contribution < 1.29 is 18.0 Å². The smallest absolute Gasteiger partial charge is 0.366 e. The molecular formula is C22H20F3N3O. The van der Waals surface area contributed by atoms with Gasteiger partial charge in [0.1, 0.15) is 5.69 Å². The standard InChI is InChI=1S/C22H20F3N3O/c1-2-28(15-16-8-4-3-5-9-16)17-12-13-20(26-14-17)21(29)27-19-11-7-6-10-18(19)22(23,24)25/h3-14H,2,15H2,1H3,(H,27,29). The average Bonchev–Trinajstić information content (AvgIpc) is 2.72. The summed E-state index contributed by atoms with van der Waals surface area (Å²) in [6.07, 6.45) is -3.00. The first-order valence-electron chi connectivity index (χ1n) is 9.11. The first-order chi connectivity index (χ1) is 13.9. The van der Waals surface area contributed by atoms with Crippen LogP contribution >= 0.6 is 0 Å². The van der Waals surface area contributed by atoms with E-state index in [2.05, 4.69) is 15.2 Å². The molecule has 0 aliphatic carbocycles. The van der Waals surface area contributed by atoms with E-state index in [0.717, 1.165) is 23.9 Å². The van der Waals surface area contributed by atoms with Gasteiger partial charge in [0.2, 0.25) is 0 Å². The van der Waals surface area contributed by atoms with Crippen molar-refractivity contribution in [1.82, 2.24) is 4.98 Å². The summed E-state index contributed by atoms with van der Waals surface area (Å²) >= 11 is 0. The zero-order valence-electron chi connectivity index (χ0n) is 15.8. The van der Waals surface area contributed by atoms with Crippen LogP contribution in [0.25, 0.3) is 0 Å². The number of carbonyl (C=O) groups excluding carboxylic acids is 1. The van der Waals surface area contributed by atoms with E-state index >= 15 is 0 Å². The Morgan fingerprint density at radius 1 is 1.00 bits per heavy atom. The fourth-order valence-corrected chi connectivity index (χ4v) is 2.92. The minimum atomic E-state index is -4.56. The molecule has 3 aromatic rings. The third-order valence-corrected chi connectivity index (χ3v) is 4.42. The number of pyridine rings is 1. The number of benzene rings is 2. The summed E-state index contributed by atoms with van der Waals surface area (Å²) in [5, 5.41) is 2.30. The Morgan fingerprint density at radius 2 is 1.69 bits per heavy atom. The molecule has 1 amide bonds. The molecule has 0 atom stereocenters. The fourth-order valence-electron chi connectivity index (χ4n) is 2.92. The van der Waals surface area contributed by atoms with Crippen LogP contribution in [0.2, 0.25) is 0 Å². The maximum atomic E-state index is 13.1. The molecule has 29 heavy (non-hydrogen) atoms. The Hall–Kier alpha value is -3.35. The number of nitrogens with one attached hydrogen (secondary N) is 1. The topological polar surface area (TPSA) is 45.2 Å². The van der Waals surface area contributed by atoms with Gasteiger partial charge in [-0.1, -0.05) is 42.5 Å². The van der Waals surface area contributed by atoms with E-state index in [1.807, 2.05) is 37.3 Å². The number of para-hydroxylation sites is 1. The predicted octanol–water partition coefficient (Wildman–Crippen LogP) is 5.38. The van der Waals surface area contributed by atoms with Gasteiger partial charge >= 0.3 is 6.18 Å². The molecule has 1 aromatic heterocycles. The highest BCUT2D eigenvalue weighted by atomic mass is 19.4. The van der Waals surface area contributed by atoms with Gasteiger partial charge in [0.05, 0.1) is 23.1 Å². The van der Waals surface area contributed by atoms with Gasteiger partial charge in [-0.15, -0.1) is 0 Å². The first-order valence-corrected chi connectivity index (χ1v) is 9.11. The SMILES string of the molecule is CCN(Cc1ccccc1)c1ccc(C(=O)Nc2ccccc2C(F)(F)F)nc1. The minimum Gasteiger partial charge on any atom is -0.366 e. The number of hydrogen-bond acceptors (Lipinski definition) is 3. The monoisotopic (exact) mass is 399 g/mol. The highest BCUT2D eigenvalue weighted by molar-refractivity contribution is 6.03. The zero-order valence-corrected chi connectivity index (χ0v) is 15.8. The van der Waals surface area contributed by atoms with Crippen molar-refractivity contribution >= 4 is 17.3 Å². The lowest BCUT2D eigenvalue weighted by atomic mass is 10.1. The molecule has 0 bridgehead atoms. The van der Waals surface area contributed by atoms with Crippen LogP contribution < -0.4 is 10.2 Å². The van der Waals surface area contributed by atoms with E-state index in [4.69, 9.17) is 0 Å². The molecule has 0 saturated carbocycles. The average molecular weight is 399 g/mol. The van der Waals surface area contributed by atoms with Crippen LogP contribution in [0.5, 0.6) is 0 Å². The molecular weight excluding hydrogens is 379 g/mol. The second kappa shape index (κ2) is 8.77. The Labute approximate surface area is 167 Å². The van der Waals surface area contributed by atoms with Gasteiger partial charge in [0.15, 0.2) is 0 Å². The lowest BCUT2D eigenvalue weighted by Gasteiger charge is -2.23. The van der Waals surface area contributed by atoms with Gasteiger partial charge in [-0.05, 0) is 36.8 Å². The van der Waals surface area contributed by atoms with Crippen LogP contribution in [-0.2, 0) is 12.7 Å². The number of halogens is 3. The second-order valence-electron chi connectivity index (χ2n) is 6.40. The molecule has 0 fully saturated rings. The van der Waals surface area contributed by atoms with Gasteiger partial charge < -0.3 is 10.2 Å². The maximum absolute atomic E-state index is 13.1. The van der Waals surface area contributed by atoms with E-state index in [9.17, 15) is 18.0 Å². The molecule has 0 saturated heterocycles. The number of aromatic nitrogens is 1. The van der Waals surface area contributed by atoms with Crippen LogP contribution in [0.4, 0.5) is 24.5 Å². The maximum Gasteiger partial charge on any atom is 0.418 e. The number of anilines is 2. The summed E-state index contributed by atoms with van der Waals surface area (Å²) in [6.45, 7) is 3.43. The van der Waals surface area contributed by atoms with Crippen molar-refractivity contribution in [1.29, 1.82) is 0 Å². The lowest BCUT2D eigenvalue weighted by molar-refractivity contribution is -0.136. The van der Waals surface area contributed by atoms with Crippen molar-refractivity contribution in [3.8, 4) is 0 Å². The molecule has 0 spiro atoms. The molecule has 0 aliphatic rings. The van der Waals surface area contributed by atoms with Gasteiger partial charge in [0, 0.05) is 13.1 Å². The Morgan fingerprint density at radius 3 is 2.31 bits per heavy atom. The van der Waals surface area contributed by atoms with Gasteiger partial charge in [-0.2, -0.15) is 13.2 Å². The van der Waals surface area contributed by atoms with Crippen molar-refractivity contribution in [2.45, 2.75) is 19.6 Å². The Balaban J connectivity index is 1.74. The highest BCUT2D eigenvalue weighted by Gasteiger charge is 2.33. The summed E-state index contributed by atoms with van der Waals surface area (Å²) < 4.78 is 39.3. The van der Waals surface area contributed by atoms with Gasteiger partial charge in [0.25, 0.3) is 5.91 Å². The molecule has 0 unspecified atom stereocenters. The molecule has 7 heteroatoms. The van der Waals surface area contributed by atoms with E-state index in [1.54, 1.807) is 12.3 Å². The Bertz CT molecular complexity index is 957. The third-order valence-electron chi connectivity index (χ3n) is 4.42. The van der Waals surface area contributed by atoms with Crippen molar-refractivity contribution in [2.75, 3.05) is 16.8 Å². The quantitative estimate of drug-likeness (QED) is 0.605. The van der Waals surface area contributed by atoms with Crippen LogP contribution in [0.3, 0.4) is 0 Å². The van der Waals surface area contributed by atoms with Crippen molar-refractivity contribution in [3.63, 3.8) is 0 Å². The van der Waals surface area contributed by atoms with Crippen LogP contribution in [0.1, 0.15) is 28.5 Å². The van der Waals surface area contributed by atoms with E-state index in [-0.39, 0.29) is 11.4 Å². The number of alkyl halides is 3. The summed E-state index contributed by atoms with van der Waals surface area (Å²) in [6, 6.07) is 18.0. The predicted molar refractivity (Wildman–Crippen MR) is 107 cm³/mol. The van der Waals surface area contributed by atoms with Crippen molar-refractivity contribution in [2.24, 2.45) is 0 Å². The zero-order chi connectivity index (χ0) is 20.9. The number of rotatable bonds is 6. The van der Waals surface area contributed by atoms with Crippen LogP contribution in [-0.4, -0.2) is 17.4 Å². The molecule has 4 nitrogen and oxygen atoms in total. The molecule has 3 rings (SSSR count). The van der Waals surface area contributed by atoms with Crippen LogP contribution in [0, 0.1) is 0 Å². The summed E-state index contributed by atoms with van der Waals surface area (Å²) in [4.78, 5) is 18.6.